The number of aromatic nitrogens is 3. The zero-order valence-electron chi connectivity index (χ0n) is 13.4. The molecular formula is C19H13FN4OS. The van der Waals surface area contributed by atoms with Gasteiger partial charge in [-0.2, -0.15) is 5.10 Å². The van der Waals surface area contributed by atoms with Gasteiger partial charge >= 0.3 is 0 Å². The van der Waals surface area contributed by atoms with Crippen LogP contribution in [0.1, 0.15) is 28.2 Å². The van der Waals surface area contributed by atoms with Gasteiger partial charge < -0.3 is 5.32 Å². The molecule has 0 bridgehead atoms. The highest BCUT2D eigenvalue weighted by molar-refractivity contribution is 7.09. The van der Waals surface area contributed by atoms with Crippen molar-refractivity contribution in [1.29, 1.82) is 0 Å². The van der Waals surface area contributed by atoms with E-state index in [9.17, 15) is 9.18 Å². The van der Waals surface area contributed by atoms with E-state index in [1.165, 1.54) is 23.5 Å². The molecule has 1 aliphatic heterocycles. The van der Waals surface area contributed by atoms with E-state index >= 15 is 0 Å². The topological polar surface area (TPSA) is 70.7 Å². The number of hydrogen-bond acceptors (Lipinski definition) is 5. The molecule has 2 aromatic carbocycles. The number of nitrogens with one attached hydrogen (secondary N) is 2. The molecule has 2 atom stereocenters. The van der Waals surface area contributed by atoms with Crippen LogP contribution in [0.5, 0.6) is 0 Å². The number of rotatable bonds is 2. The van der Waals surface area contributed by atoms with E-state index in [1.807, 2.05) is 17.5 Å². The van der Waals surface area contributed by atoms with Crippen LogP contribution in [0, 0.1) is 5.82 Å². The van der Waals surface area contributed by atoms with Crippen molar-refractivity contribution in [3.05, 3.63) is 86.5 Å². The Morgan fingerprint density at radius 2 is 1.96 bits per heavy atom. The van der Waals surface area contributed by atoms with Crippen LogP contribution in [0.3, 0.4) is 0 Å². The number of benzene rings is 2. The molecule has 5 rings (SSSR count). The normalized spacial score (nSPS) is 18.7. The molecule has 2 unspecified atom stereocenters. The van der Waals surface area contributed by atoms with Gasteiger partial charge in [0.25, 0.3) is 5.56 Å². The number of nitrogens with zero attached hydrogens (tertiary/aromatic N) is 2. The minimum atomic E-state index is -0.277. The summed E-state index contributed by atoms with van der Waals surface area (Å²) >= 11 is 1.54. The predicted molar refractivity (Wildman–Crippen MR) is 99.1 cm³/mol. The lowest BCUT2D eigenvalue weighted by atomic mass is 9.84. The van der Waals surface area contributed by atoms with Crippen LogP contribution in [0.4, 0.5) is 10.1 Å². The summed E-state index contributed by atoms with van der Waals surface area (Å²) in [6.45, 7) is 0. The summed E-state index contributed by atoms with van der Waals surface area (Å²) < 4.78 is 13.4. The maximum absolute atomic E-state index is 13.4. The van der Waals surface area contributed by atoms with E-state index in [1.54, 1.807) is 24.4 Å². The van der Waals surface area contributed by atoms with Crippen LogP contribution in [0.15, 0.2) is 58.8 Å². The van der Waals surface area contributed by atoms with Crippen molar-refractivity contribution in [1.82, 2.24) is 15.2 Å². The molecule has 0 amide bonds. The first-order valence-electron chi connectivity index (χ1n) is 8.15. The van der Waals surface area contributed by atoms with Gasteiger partial charge in [-0.1, -0.05) is 18.2 Å². The molecular weight excluding hydrogens is 351 g/mol. The monoisotopic (exact) mass is 364 g/mol. The molecule has 26 heavy (non-hydrogen) atoms. The molecule has 128 valence electrons. The van der Waals surface area contributed by atoms with Gasteiger partial charge in [0.1, 0.15) is 10.8 Å². The Balaban J connectivity index is 1.79. The van der Waals surface area contributed by atoms with Crippen molar-refractivity contribution in [3.8, 4) is 0 Å². The Morgan fingerprint density at radius 1 is 1.12 bits per heavy atom. The first-order chi connectivity index (χ1) is 12.7. The van der Waals surface area contributed by atoms with Gasteiger partial charge in [-0.15, -0.1) is 11.3 Å². The van der Waals surface area contributed by atoms with Crippen LogP contribution in [-0.4, -0.2) is 15.2 Å². The molecule has 1 aliphatic rings. The van der Waals surface area contributed by atoms with Gasteiger partial charge in [0.15, 0.2) is 0 Å². The average Bonchev–Trinajstić information content (AvgIpc) is 3.19. The van der Waals surface area contributed by atoms with Gasteiger partial charge in [-0.25, -0.2) is 14.5 Å². The third-order valence-corrected chi connectivity index (χ3v) is 5.59. The molecule has 7 heteroatoms. The first kappa shape index (κ1) is 15.2. The van der Waals surface area contributed by atoms with Gasteiger partial charge in [-0.3, -0.25) is 4.79 Å². The maximum atomic E-state index is 13.4. The van der Waals surface area contributed by atoms with Gasteiger partial charge in [-0.05, 0) is 29.8 Å². The van der Waals surface area contributed by atoms with Crippen LogP contribution < -0.4 is 10.9 Å². The summed E-state index contributed by atoms with van der Waals surface area (Å²) in [4.78, 5) is 16.7. The fourth-order valence-electron chi connectivity index (χ4n) is 3.59. The van der Waals surface area contributed by atoms with Crippen molar-refractivity contribution in [2.24, 2.45) is 0 Å². The number of H-pyrrole nitrogens is 1. The van der Waals surface area contributed by atoms with Crippen LogP contribution >= 0.6 is 11.3 Å². The third-order valence-electron chi connectivity index (χ3n) is 4.73. The Kier molecular flexibility index (Phi) is 3.36. The van der Waals surface area contributed by atoms with Crippen molar-refractivity contribution in [2.75, 3.05) is 5.32 Å². The molecule has 0 aliphatic carbocycles. The quantitative estimate of drug-likeness (QED) is 0.567. The number of anilines is 1. The Bertz CT molecular complexity index is 1150. The Labute approximate surface area is 151 Å². The lowest BCUT2D eigenvalue weighted by molar-refractivity contribution is 0.615. The second kappa shape index (κ2) is 5.74. The molecule has 0 fully saturated rings. The summed E-state index contributed by atoms with van der Waals surface area (Å²) in [5.41, 5.74) is 2.34. The lowest BCUT2D eigenvalue weighted by Gasteiger charge is -2.33. The van der Waals surface area contributed by atoms with E-state index in [0.717, 1.165) is 27.3 Å². The zero-order valence-corrected chi connectivity index (χ0v) is 14.3. The molecule has 0 saturated heterocycles. The Hall–Kier alpha value is -3.06. The summed E-state index contributed by atoms with van der Waals surface area (Å²) in [6.07, 6.45) is 1.76. The zero-order chi connectivity index (χ0) is 17.7. The van der Waals surface area contributed by atoms with Crippen LogP contribution in [0.25, 0.3) is 10.8 Å². The number of hydrogen-bond donors (Lipinski definition) is 2. The first-order valence-corrected chi connectivity index (χ1v) is 9.03. The van der Waals surface area contributed by atoms with E-state index in [0.29, 0.717) is 5.39 Å². The minimum absolute atomic E-state index is 0.168. The highest BCUT2D eigenvalue weighted by Gasteiger charge is 2.36. The molecule has 2 N–H and O–H groups in total. The van der Waals surface area contributed by atoms with E-state index in [2.05, 4.69) is 20.5 Å². The van der Waals surface area contributed by atoms with Gasteiger partial charge in [0.05, 0.1) is 23.0 Å². The number of halogens is 1. The van der Waals surface area contributed by atoms with Crippen LogP contribution in [0.2, 0.25) is 0 Å². The van der Waals surface area contributed by atoms with Crippen molar-refractivity contribution in [2.45, 2.75) is 12.0 Å². The summed E-state index contributed by atoms with van der Waals surface area (Å²) in [7, 11) is 0. The summed E-state index contributed by atoms with van der Waals surface area (Å²) in [6, 6.07) is 11.8. The third kappa shape index (κ3) is 2.24. The molecule has 0 saturated carbocycles. The van der Waals surface area contributed by atoms with Crippen LogP contribution in [-0.2, 0) is 0 Å². The van der Waals surface area contributed by atoms with Crippen molar-refractivity contribution >= 4 is 27.8 Å². The fraction of sp³-hybridized carbons (Fsp3) is 0.105. The minimum Gasteiger partial charge on any atom is -0.377 e. The van der Waals surface area contributed by atoms with Crippen molar-refractivity contribution < 1.29 is 4.39 Å². The summed E-state index contributed by atoms with van der Waals surface area (Å²) in [5.74, 6) is -0.463. The smallest absolute Gasteiger partial charge is 0.272 e. The highest BCUT2D eigenvalue weighted by Crippen LogP contribution is 2.46. The highest BCUT2D eigenvalue weighted by atomic mass is 32.1. The van der Waals surface area contributed by atoms with Gasteiger partial charge in [0.2, 0.25) is 0 Å². The second-order valence-corrected chi connectivity index (χ2v) is 7.11. The summed E-state index contributed by atoms with van der Waals surface area (Å²) in [5, 5.41) is 14.7. The Morgan fingerprint density at radius 3 is 2.73 bits per heavy atom. The molecule has 5 nitrogen and oxygen atoms in total. The van der Waals surface area contributed by atoms with E-state index in [4.69, 9.17) is 0 Å². The number of thiazole rings is 1. The average molecular weight is 364 g/mol. The molecule has 2 aromatic heterocycles. The van der Waals surface area contributed by atoms with E-state index in [-0.39, 0.29) is 23.3 Å². The fourth-order valence-corrected chi connectivity index (χ4v) is 4.37. The van der Waals surface area contributed by atoms with Gasteiger partial charge in [0, 0.05) is 22.7 Å². The van der Waals surface area contributed by atoms with Crippen molar-refractivity contribution in [3.63, 3.8) is 0 Å². The SMILES string of the molecule is O=c1[nH]nc2c3c(cccc13)NC(c1ccc(F)cc1)C2c1nccs1. The molecule has 4 aromatic rings. The molecule has 0 spiro atoms. The molecule has 3 heterocycles. The second-order valence-electron chi connectivity index (χ2n) is 6.19. The predicted octanol–water partition coefficient (Wildman–Crippen LogP) is 3.82. The standard InChI is InChI=1S/C19H13FN4OS/c20-11-6-4-10(5-7-11)16-15(19-21-8-9-26-19)17-14-12(18(25)24-23-17)2-1-3-13(14)22-16/h1-9,15-16,22H,(H,24,25). The van der Waals surface area contributed by atoms with E-state index < -0.39 is 0 Å². The lowest BCUT2D eigenvalue weighted by Crippen LogP contribution is -2.28. The maximum Gasteiger partial charge on any atom is 0.272 e. The number of aromatic amines is 1. The molecule has 0 radical (unpaired) electrons. The largest absolute Gasteiger partial charge is 0.377 e.